The second-order valence-corrected chi connectivity index (χ2v) is 7.10. The molecule has 0 radical (unpaired) electrons. The SMILES string of the molecule is CC(=O)N1C=Cc2ccccc2C1CC(=O)Nc1cc(Cl)cc2cccnc12. The van der Waals surface area contributed by atoms with Crippen molar-refractivity contribution in [3.63, 3.8) is 0 Å². The first-order chi connectivity index (χ1) is 13.5. The summed E-state index contributed by atoms with van der Waals surface area (Å²) >= 11 is 6.19. The number of hydrogen-bond donors (Lipinski definition) is 1. The van der Waals surface area contributed by atoms with Crippen molar-refractivity contribution in [3.05, 3.63) is 77.1 Å². The highest BCUT2D eigenvalue weighted by molar-refractivity contribution is 6.32. The van der Waals surface area contributed by atoms with Crippen molar-refractivity contribution in [3.8, 4) is 0 Å². The zero-order valence-corrected chi connectivity index (χ0v) is 16.0. The van der Waals surface area contributed by atoms with E-state index in [0.717, 1.165) is 16.5 Å². The molecular formula is C22H18ClN3O2. The van der Waals surface area contributed by atoms with Crippen LogP contribution in [0.2, 0.25) is 5.02 Å². The Kier molecular flexibility index (Phi) is 4.84. The van der Waals surface area contributed by atoms with Gasteiger partial charge in [0.05, 0.1) is 23.7 Å². The predicted octanol–water partition coefficient (Wildman–Crippen LogP) is 4.79. The van der Waals surface area contributed by atoms with Crippen molar-refractivity contribution >= 4 is 46.1 Å². The first-order valence-corrected chi connectivity index (χ1v) is 9.31. The Morgan fingerprint density at radius 3 is 2.82 bits per heavy atom. The number of aromatic nitrogens is 1. The van der Waals surface area contributed by atoms with Gasteiger partial charge in [0, 0.05) is 29.7 Å². The van der Waals surface area contributed by atoms with Crippen LogP contribution in [0.5, 0.6) is 0 Å². The van der Waals surface area contributed by atoms with Crippen LogP contribution >= 0.6 is 11.6 Å². The zero-order chi connectivity index (χ0) is 19.7. The summed E-state index contributed by atoms with van der Waals surface area (Å²) in [4.78, 5) is 30.9. The molecule has 1 aliphatic rings. The van der Waals surface area contributed by atoms with Crippen LogP contribution in [-0.4, -0.2) is 21.7 Å². The van der Waals surface area contributed by atoms with Crippen molar-refractivity contribution in [2.45, 2.75) is 19.4 Å². The number of benzene rings is 2. The highest BCUT2D eigenvalue weighted by atomic mass is 35.5. The van der Waals surface area contributed by atoms with Crippen LogP contribution in [0.25, 0.3) is 17.0 Å². The number of nitrogens with one attached hydrogen (secondary N) is 1. The van der Waals surface area contributed by atoms with E-state index in [1.807, 2.05) is 42.5 Å². The van der Waals surface area contributed by atoms with E-state index in [4.69, 9.17) is 11.6 Å². The third-order valence-corrected chi connectivity index (χ3v) is 5.01. The molecule has 0 bridgehead atoms. The van der Waals surface area contributed by atoms with Gasteiger partial charge in [-0.15, -0.1) is 0 Å². The summed E-state index contributed by atoms with van der Waals surface area (Å²) in [7, 11) is 0. The normalized spacial score (nSPS) is 15.4. The Hall–Kier alpha value is -3.18. The van der Waals surface area contributed by atoms with E-state index in [1.54, 1.807) is 29.4 Å². The maximum Gasteiger partial charge on any atom is 0.226 e. The van der Waals surface area contributed by atoms with Crippen LogP contribution in [0.4, 0.5) is 5.69 Å². The monoisotopic (exact) mass is 391 g/mol. The largest absolute Gasteiger partial charge is 0.324 e. The molecule has 140 valence electrons. The molecule has 28 heavy (non-hydrogen) atoms. The first kappa shape index (κ1) is 18.2. The van der Waals surface area contributed by atoms with E-state index in [1.165, 1.54) is 6.92 Å². The van der Waals surface area contributed by atoms with E-state index in [-0.39, 0.29) is 24.3 Å². The summed E-state index contributed by atoms with van der Waals surface area (Å²) in [6.07, 6.45) is 5.42. The van der Waals surface area contributed by atoms with Crippen molar-refractivity contribution in [1.29, 1.82) is 0 Å². The third kappa shape index (κ3) is 3.49. The molecule has 0 fully saturated rings. The number of halogens is 1. The molecule has 6 heteroatoms. The van der Waals surface area contributed by atoms with Gasteiger partial charge in [-0.3, -0.25) is 14.6 Å². The number of fused-ring (bicyclic) bond motifs is 2. The molecule has 3 aromatic rings. The van der Waals surface area contributed by atoms with Crippen LogP contribution in [-0.2, 0) is 9.59 Å². The molecule has 0 saturated carbocycles. The lowest BCUT2D eigenvalue weighted by molar-refractivity contribution is -0.129. The topological polar surface area (TPSA) is 62.3 Å². The molecule has 0 saturated heterocycles. The summed E-state index contributed by atoms with van der Waals surface area (Å²) in [5, 5.41) is 4.28. The van der Waals surface area contributed by atoms with Gasteiger partial charge in [-0.05, 0) is 35.4 Å². The Balaban J connectivity index is 1.63. The van der Waals surface area contributed by atoms with E-state index >= 15 is 0 Å². The Morgan fingerprint density at radius 2 is 2.00 bits per heavy atom. The molecule has 0 spiro atoms. The molecule has 4 rings (SSSR count). The maximum atomic E-state index is 12.9. The second-order valence-electron chi connectivity index (χ2n) is 6.67. The molecule has 2 amide bonds. The highest BCUT2D eigenvalue weighted by Crippen LogP contribution is 2.33. The van der Waals surface area contributed by atoms with Gasteiger partial charge < -0.3 is 10.2 Å². The van der Waals surface area contributed by atoms with Crippen LogP contribution in [0.15, 0.2) is 60.9 Å². The van der Waals surface area contributed by atoms with E-state index in [0.29, 0.717) is 16.2 Å². The smallest absolute Gasteiger partial charge is 0.226 e. The second kappa shape index (κ2) is 7.44. The minimum atomic E-state index is -0.364. The zero-order valence-electron chi connectivity index (χ0n) is 15.2. The van der Waals surface area contributed by atoms with Crippen molar-refractivity contribution < 1.29 is 9.59 Å². The van der Waals surface area contributed by atoms with Crippen LogP contribution in [0.1, 0.15) is 30.5 Å². The quantitative estimate of drug-likeness (QED) is 0.698. The Bertz CT molecular complexity index is 1110. The molecule has 2 heterocycles. The summed E-state index contributed by atoms with van der Waals surface area (Å²) < 4.78 is 0. The lowest BCUT2D eigenvalue weighted by Gasteiger charge is -2.32. The van der Waals surface area contributed by atoms with Gasteiger partial charge in [0.25, 0.3) is 0 Å². The molecule has 1 aliphatic heterocycles. The van der Waals surface area contributed by atoms with Gasteiger partial charge in [0.2, 0.25) is 11.8 Å². The molecule has 5 nitrogen and oxygen atoms in total. The van der Waals surface area contributed by atoms with Gasteiger partial charge >= 0.3 is 0 Å². The average molecular weight is 392 g/mol. The third-order valence-electron chi connectivity index (χ3n) is 4.79. The van der Waals surface area contributed by atoms with Gasteiger partial charge in [-0.25, -0.2) is 0 Å². The molecule has 1 unspecified atom stereocenters. The van der Waals surface area contributed by atoms with Gasteiger partial charge in [-0.2, -0.15) is 0 Å². The van der Waals surface area contributed by atoms with E-state index < -0.39 is 0 Å². The van der Waals surface area contributed by atoms with E-state index in [2.05, 4.69) is 10.3 Å². The van der Waals surface area contributed by atoms with E-state index in [9.17, 15) is 9.59 Å². The molecule has 1 atom stereocenters. The fraction of sp³-hybridized carbons (Fsp3) is 0.136. The van der Waals surface area contributed by atoms with Gasteiger partial charge in [0.15, 0.2) is 0 Å². The Labute approximate surface area is 167 Å². The summed E-state index contributed by atoms with van der Waals surface area (Å²) in [6.45, 7) is 1.50. The van der Waals surface area contributed by atoms with Crippen molar-refractivity contribution in [1.82, 2.24) is 9.88 Å². The fourth-order valence-electron chi connectivity index (χ4n) is 3.54. The van der Waals surface area contributed by atoms with Gasteiger partial charge in [-0.1, -0.05) is 41.9 Å². The lowest BCUT2D eigenvalue weighted by Crippen LogP contribution is -2.33. The van der Waals surface area contributed by atoms with Crippen molar-refractivity contribution in [2.24, 2.45) is 0 Å². The number of anilines is 1. The first-order valence-electron chi connectivity index (χ1n) is 8.93. The molecule has 1 N–H and O–H groups in total. The summed E-state index contributed by atoms with van der Waals surface area (Å²) in [6, 6.07) is 14.6. The number of nitrogens with zero attached hydrogens (tertiary/aromatic N) is 2. The number of rotatable bonds is 3. The fourth-order valence-corrected chi connectivity index (χ4v) is 3.77. The van der Waals surface area contributed by atoms with Gasteiger partial charge in [0.1, 0.15) is 0 Å². The van der Waals surface area contributed by atoms with Crippen LogP contribution in [0.3, 0.4) is 0 Å². The molecular weight excluding hydrogens is 374 g/mol. The number of amides is 2. The minimum absolute atomic E-state index is 0.113. The number of hydrogen-bond acceptors (Lipinski definition) is 3. The number of carbonyl (C=O) groups excluding carboxylic acids is 2. The lowest BCUT2D eigenvalue weighted by atomic mass is 9.93. The highest BCUT2D eigenvalue weighted by Gasteiger charge is 2.28. The number of carbonyl (C=O) groups is 2. The maximum absolute atomic E-state index is 12.9. The summed E-state index contributed by atoms with van der Waals surface area (Å²) in [5.74, 6) is -0.325. The predicted molar refractivity (Wildman–Crippen MR) is 111 cm³/mol. The van der Waals surface area contributed by atoms with Crippen LogP contribution in [0, 0.1) is 0 Å². The minimum Gasteiger partial charge on any atom is -0.324 e. The number of pyridine rings is 1. The standard InChI is InChI=1S/C22H18ClN3O2/c1-14(27)26-10-8-15-5-2-3-7-18(15)20(26)13-21(28)25-19-12-17(23)11-16-6-4-9-24-22(16)19/h2-12,20H,13H2,1H3,(H,25,28). The molecule has 1 aromatic heterocycles. The Morgan fingerprint density at radius 1 is 1.18 bits per heavy atom. The summed E-state index contributed by atoms with van der Waals surface area (Å²) in [5.41, 5.74) is 3.19. The van der Waals surface area contributed by atoms with Crippen LogP contribution < -0.4 is 5.32 Å². The van der Waals surface area contributed by atoms with Crippen molar-refractivity contribution in [2.75, 3.05) is 5.32 Å². The average Bonchev–Trinajstić information content (AvgIpc) is 2.67. The molecule has 0 aliphatic carbocycles. The molecule has 2 aromatic carbocycles.